The van der Waals surface area contributed by atoms with Gasteiger partial charge in [-0.2, -0.15) is 0 Å². The van der Waals surface area contributed by atoms with E-state index >= 15 is 0 Å². The number of hydrogen-bond acceptors (Lipinski definition) is 3. The van der Waals surface area contributed by atoms with Gasteiger partial charge in [0.1, 0.15) is 0 Å². The number of fused-ring (bicyclic) bond motifs is 1. The first kappa shape index (κ1) is 16.6. The average molecular weight is 339 g/mol. The lowest BCUT2D eigenvalue weighted by Crippen LogP contribution is -2.49. The maximum absolute atomic E-state index is 12.8. The lowest BCUT2D eigenvalue weighted by atomic mass is 9.79. The molecule has 2 atom stereocenters. The van der Waals surface area contributed by atoms with E-state index in [-0.39, 0.29) is 11.9 Å². The molecule has 132 valence electrons. The van der Waals surface area contributed by atoms with E-state index in [9.17, 15) is 4.79 Å². The van der Waals surface area contributed by atoms with Crippen molar-refractivity contribution in [3.8, 4) is 0 Å². The van der Waals surface area contributed by atoms with Crippen LogP contribution in [0.15, 0.2) is 42.5 Å². The zero-order chi connectivity index (χ0) is 17.1. The summed E-state index contributed by atoms with van der Waals surface area (Å²) in [6.07, 6.45) is 3.02. The molecule has 1 N–H and O–H groups in total. The van der Waals surface area contributed by atoms with Gasteiger partial charge in [-0.1, -0.05) is 30.3 Å². The van der Waals surface area contributed by atoms with E-state index in [4.69, 9.17) is 9.47 Å². The molecule has 2 fully saturated rings. The highest BCUT2D eigenvalue weighted by Gasteiger charge is 2.34. The van der Waals surface area contributed by atoms with E-state index in [0.29, 0.717) is 11.8 Å². The Hall–Kier alpha value is -1.91. The van der Waals surface area contributed by atoms with Crippen LogP contribution >= 0.6 is 0 Å². The second-order valence-corrected chi connectivity index (χ2v) is 7.12. The Kier molecular flexibility index (Phi) is 4.99. The topological polar surface area (TPSA) is 47.6 Å². The predicted molar refractivity (Wildman–Crippen MR) is 97.7 cm³/mol. The van der Waals surface area contributed by atoms with Crippen LogP contribution in [0, 0.1) is 11.8 Å². The van der Waals surface area contributed by atoms with Crippen molar-refractivity contribution in [2.45, 2.75) is 25.3 Å². The Balaban J connectivity index is 1.49. The smallest absolute Gasteiger partial charge is 0.251 e. The molecule has 4 heteroatoms. The first-order valence-corrected chi connectivity index (χ1v) is 9.26. The van der Waals surface area contributed by atoms with Crippen LogP contribution in [0.4, 0.5) is 0 Å². The third-order valence-electron chi connectivity index (χ3n) is 5.60. The molecule has 0 aliphatic carbocycles. The maximum atomic E-state index is 12.8. The molecule has 2 saturated heterocycles. The summed E-state index contributed by atoms with van der Waals surface area (Å²) in [5, 5.41) is 5.55. The van der Waals surface area contributed by atoms with Crippen molar-refractivity contribution in [1.29, 1.82) is 0 Å². The van der Waals surface area contributed by atoms with Crippen LogP contribution in [0.5, 0.6) is 0 Å². The Labute approximate surface area is 148 Å². The lowest BCUT2D eigenvalue weighted by molar-refractivity contribution is -0.0259. The zero-order valence-corrected chi connectivity index (χ0v) is 14.4. The van der Waals surface area contributed by atoms with E-state index in [0.717, 1.165) is 62.0 Å². The minimum atomic E-state index is 0.0229. The fraction of sp³-hybridized carbons (Fsp3) is 0.476. The molecule has 2 heterocycles. The summed E-state index contributed by atoms with van der Waals surface area (Å²) in [4.78, 5) is 12.8. The highest BCUT2D eigenvalue weighted by Crippen LogP contribution is 2.30. The fourth-order valence-corrected chi connectivity index (χ4v) is 4.13. The van der Waals surface area contributed by atoms with Gasteiger partial charge in [0.25, 0.3) is 5.91 Å². The van der Waals surface area contributed by atoms with E-state index < -0.39 is 0 Å². The molecule has 2 aromatic carbocycles. The SMILES string of the molecule is O=C(N[C@@H]1CCOC[C@@H]1C1CCOCC1)c1ccc2ccccc2c1. The van der Waals surface area contributed by atoms with Crippen LogP contribution < -0.4 is 5.32 Å². The summed E-state index contributed by atoms with van der Waals surface area (Å²) in [6, 6.07) is 14.2. The second kappa shape index (κ2) is 7.54. The van der Waals surface area contributed by atoms with E-state index in [1.165, 1.54) is 0 Å². The third kappa shape index (κ3) is 3.70. The van der Waals surface area contributed by atoms with Crippen molar-refractivity contribution in [2.24, 2.45) is 11.8 Å². The zero-order valence-electron chi connectivity index (χ0n) is 14.4. The number of ether oxygens (including phenoxy) is 2. The van der Waals surface area contributed by atoms with E-state index in [2.05, 4.69) is 11.4 Å². The summed E-state index contributed by atoms with van der Waals surface area (Å²) in [5.41, 5.74) is 0.732. The highest BCUT2D eigenvalue weighted by atomic mass is 16.5. The fourth-order valence-electron chi connectivity index (χ4n) is 4.13. The summed E-state index contributed by atoms with van der Waals surface area (Å²) in [7, 11) is 0. The molecule has 2 aromatic rings. The van der Waals surface area contributed by atoms with Gasteiger partial charge in [0.2, 0.25) is 0 Å². The molecule has 0 bridgehead atoms. The minimum Gasteiger partial charge on any atom is -0.381 e. The first-order chi connectivity index (χ1) is 12.3. The average Bonchev–Trinajstić information content (AvgIpc) is 2.68. The molecule has 0 radical (unpaired) electrons. The largest absolute Gasteiger partial charge is 0.381 e. The van der Waals surface area contributed by atoms with Crippen molar-refractivity contribution in [3.63, 3.8) is 0 Å². The van der Waals surface area contributed by atoms with Gasteiger partial charge < -0.3 is 14.8 Å². The van der Waals surface area contributed by atoms with Crippen molar-refractivity contribution >= 4 is 16.7 Å². The number of nitrogens with one attached hydrogen (secondary N) is 1. The summed E-state index contributed by atoms with van der Waals surface area (Å²) >= 11 is 0. The second-order valence-electron chi connectivity index (χ2n) is 7.12. The molecule has 0 aromatic heterocycles. The number of amides is 1. The molecule has 0 spiro atoms. The Morgan fingerprint density at radius 2 is 1.68 bits per heavy atom. The standard InChI is InChI=1S/C21H25NO3/c23-21(18-6-5-15-3-1-2-4-17(15)13-18)22-20-9-12-25-14-19(20)16-7-10-24-11-8-16/h1-6,13,16,19-20H,7-12,14H2,(H,22,23)/t19-,20-/m1/s1. The van der Waals surface area contributed by atoms with Crippen molar-refractivity contribution in [2.75, 3.05) is 26.4 Å². The molecular formula is C21H25NO3. The predicted octanol–water partition coefficient (Wildman–Crippen LogP) is 3.40. The van der Waals surface area contributed by atoms with Crippen LogP contribution in [0.1, 0.15) is 29.6 Å². The molecule has 25 heavy (non-hydrogen) atoms. The van der Waals surface area contributed by atoms with Crippen molar-refractivity contribution in [3.05, 3.63) is 48.0 Å². The summed E-state index contributed by atoms with van der Waals surface area (Å²) in [6.45, 7) is 3.12. The number of carbonyl (C=O) groups is 1. The van der Waals surface area contributed by atoms with Gasteiger partial charge in [0.15, 0.2) is 0 Å². The van der Waals surface area contributed by atoms with Gasteiger partial charge in [0, 0.05) is 37.3 Å². The van der Waals surface area contributed by atoms with Gasteiger partial charge in [-0.3, -0.25) is 4.79 Å². The molecular weight excluding hydrogens is 314 g/mol. The normalized spacial score (nSPS) is 25.0. The van der Waals surface area contributed by atoms with Gasteiger partial charge in [-0.25, -0.2) is 0 Å². The highest BCUT2D eigenvalue weighted by molar-refractivity contribution is 5.98. The van der Waals surface area contributed by atoms with E-state index in [1.807, 2.05) is 36.4 Å². The van der Waals surface area contributed by atoms with Crippen LogP contribution in [0.3, 0.4) is 0 Å². The maximum Gasteiger partial charge on any atom is 0.251 e. The van der Waals surface area contributed by atoms with Crippen LogP contribution in [-0.4, -0.2) is 38.4 Å². The molecule has 4 nitrogen and oxygen atoms in total. The molecule has 2 aliphatic heterocycles. The minimum absolute atomic E-state index is 0.0229. The Bertz CT molecular complexity index is 739. The van der Waals surface area contributed by atoms with Crippen molar-refractivity contribution in [1.82, 2.24) is 5.32 Å². The third-order valence-corrected chi connectivity index (χ3v) is 5.60. The van der Waals surface area contributed by atoms with E-state index in [1.54, 1.807) is 0 Å². The Morgan fingerprint density at radius 3 is 2.52 bits per heavy atom. The first-order valence-electron chi connectivity index (χ1n) is 9.26. The van der Waals surface area contributed by atoms with Crippen molar-refractivity contribution < 1.29 is 14.3 Å². The number of rotatable bonds is 3. The number of hydrogen-bond donors (Lipinski definition) is 1. The van der Waals surface area contributed by atoms with Crippen LogP contribution in [-0.2, 0) is 9.47 Å². The quantitative estimate of drug-likeness (QED) is 0.932. The summed E-state index contributed by atoms with van der Waals surface area (Å²) < 4.78 is 11.2. The molecule has 0 unspecified atom stereocenters. The summed E-state index contributed by atoms with van der Waals surface area (Å²) in [5.74, 6) is 0.993. The Morgan fingerprint density at radius 1 is 0.920 bits per heavy atom. The van der Waals surface area contributed by atoms with Crippen LogP contribution in [0.25, 0.3) is 10.8 Å². The number of carbonyl (C=O) groups excluding carboxylic acids is 1. The lowest BCUT2D eigenvalue weighted by Gasteiger charge is -2.39. The van der Waals surface area contributed by atoms with Gasteiger partial charge >= 0.3 is 0 Å². The molecule has 2 aliphatic rings. The number of benzene rings is 2. The molecule has 1 amide bonds. The van der Waals surface area contributed by atoms with Crippen LogP contribution in [0.2, 0.25) is 0 Å². The monoisotopic (exact) mass is 339 g/mol. The van der Waals surface area contributed by atoms with Gasteiger partial charge in [-0.05, 0) is 48.1 Å². The van der Waals surface area contributed by atoms with Gasteiger partial charge in [0.05, 0.1) is 6.61 Å². The molecule has 4 rings (SSSR count). The van der Waals surface area contributed by atoms with Gasteiger partial charge in [-0.15, -0.1) is 0 Å². The molecule has 0 saturated carbocycles.